The molecule has 0 aromatic heterocycles. The van der Waals surface area contributed by atoms with Gasteiger partial charge in [-0.3, -0.25) is 24.6 Å². The van der Waals surface area contributed by atoms with Crippen molar-refractivity contribution >= 4 is 34.2 Å². The van der Waals surface area contributed by atoms with Gasteiger partial charge in [-0.05, 0) is 29.1 Å². The molecule has 0 saturated heterocycles. The molecule has 1 N–H and O–H groups in total. The quantitative estimate of drug-likeness (QED) is 0.425. The van der Waals surface area contributed by atoms with E-state index in [1.54, 1.807) is 24.3 Å². The van der Waals surface area contributed by atoms with Crippen LogP contribution in [0.3, 0.4) is 0 Å². The van der Waals surface area contributed by atoms with Gasteiger partial charge < -0.3 is 5.11 Å². The zero-order valence-corrected chi connectivity index (χ0v) is 14.5. The van der Waals surface area contributed by atoms with E-state index in [9.17, 15) is 29.6 Å². The molecule has 8 heteroatoms. The number of rotatable bonds is 3. The SMILES string of the molecule is CN1C(=O)c2cccc3c(-c4cccc(C(=O)O)c4)c([N+](=O)[O-])cc(c23)C1=O. The Labute approximate surface area is 157 Å². The molecule has 28 heavy (non-hydrogen) atoms. The summed E-state index contributed by atoms with van der Waals surface area (Å²) in [6.07, 6.45) is 0. The first-order chi connectivity index (χ1) is 13.3. The number of nitro groups is 1. The highest BCUT2D eigenvalue weighted by molar-refractivity contribution is 6.27. The van der Waals surface area contributed by atoms with E-state index >= 15 is 0 Å². The number of nitro benzene ring substituents is 1. The third-order valence-corrected chi connectivity index (χ3v) is 4.81. The number of nitrogens with zero attached hydrogens (tertiary/aromatic N) is 2. The number of amides is 2. The monoisotopic (exact) mass is 376 g/mol. The first-order valence-electron chi connectivity index (χ1n) is 8.21. The third-order valence-electron chi connectivity index (χ3n) is 4.81. The zero-order valence-electron chi connectivity index (χ0n) is 14.5. The van der Waals surface area contributed by atoms with Crippen LogP contribution in [-0.2, 0) is 0 Å². The first kappa shape index (κ1) is 17.3. The number of carbonyl (C=O) groups excluding carboxylic acids is 2. The van der Waals surface area contributed by atoms with Crippen LogP contribution in [0.15, 0.2) is 48.5 Å². The van der Waals surface area contributed by atoms with Gasteiger partial charge in [0, 0.05) is 24.1 Å². The average Bonchev–Trinajstić information content (AvgIpc) is 2.69. The summed E-state index contributed by atoms with van der Waals surface area (Å²) >= 11 is 0. The number of carbonyl (C=O) groups is 3. The molecule has 0 radical (unpaired) electrons. The Bertz CT molecular complexity index is 1230. The molecule has 8 nitrogen and oxygen atoms in total. The minimum atomic E-state index is -1.17. The normalized spacial score (nSPS) is 13.1. The molecule has 138 valence electrons. The maximum absolute atomic E-state index is 12.6. The minimum Gasteiger partial charge on any atom is -0.478 e. The van der Waals surface area contributed by atoms with Crippen molar-refractivity contribution in [3.05, 3.63) is 75.3 Å². The van der Waals surface area contributed by atoms with E-state index in [0.29, 0.717) is 16.3 Å². The summed E-state index contributed by atoms with van der Waals surface area (Å²) in [7, 11) is 1.32. The van der Waals surface area contributed by atoms with E-state index in [1.165, 1.54) is 25.2 Å². The molecule has 0 fully saturated rings. The Morgan fingerprint density at radius 1 is 1.04 bits per heavy atom. The highest BCUT2D eigenvalue weighted by Crippen LogP contribution is 2.42. The lowest BCUT2D eigenvalue weighted by molar-refractivity contribution is -0.384. The van der Waals surface area contributed by atoms with Crippen LogP contribution in [0, 0.1) is 10.1 Å². The molecule has 1 aliphatic heterocycles. The summed E-state index contributed by atoms with van der Waals surface area (Å²) in [4.78, 5) is 48.5. The maximum atomic E-state index is 12.6. The molecule has 0 unspecified atom stereocenters. The highest BCUT2D eigenvalue weighted by Gasteiger charge is 2.34. The van der Waals surface area contributed by atoms with E-state index in [2.05, 4.69) is 0 Å². The van der Waals surface area contributed by atoms with Crippen LogP contribution in [0.25, 0.3) is 21.9 Å². The molecule has 0 saturated carbocycles. The van der Waals surface area contributed by atoms with Gasteiger partial charge in [0.15, 0.2) is 0 Å². The molecule has 3 aromatic rings. The number of carboxylic acid groups (broad SMARTS) is 1. The topological polar surface area (TPSA) is 118 Å². The summed E-state index contributed by atoms with van der Waals surface area (Å²) in [5, 5.41) is 21.7. The van der Waals surface area contributed by atoms with E-state index in [0.717, 1.165) is 11.0 Å². The van der Waals surface area contributed by atoms with Gasteiger partial charge in [0.05, 0.1) is 21.6 Å². The van der Waals surface area contributed by atoms with Crippen LogP contribution in [0.2, 0.25) is 0 Å². The van der Waals surface area contributed by atoms with Crippen LogP contribution < -0.4 is 0 Å². The number of aromatic carboxylic acids is 1. The lowest BCUT2D eigenvalue weighted by Gasteiger charge is -2.24. The van der Waals surface area contributed by atoms with Crippen LogP contribution in [0.1, 0.15) is 31.1 Å². The van der Waals surface area contributed by atoms with Gasteiger partial charge in [0.1, 0.15) is 0 Å². The Kier molecular flexibility index (Phi) is 3.71. The summed E-state index contributed by atoms with van der Waals surface area (Å²) in [6.45, 7) is 0. The Morgan fingerprint density at radius 2 is 1.71 bits per heavy atom. The van der Waals surface area contributed by atoms with E-state index in [-0.39, 0.29) is 27.9 Å². The molecule has 3 aromatic carbocycles. The van der Waals surface area contributed by atoms with Crippen LogP contribution in [0.4, 0.5) is 5.69 Å². The summed E-state index contributed by atoms with van der Waals surface area (Å²) in [5.41, 5.74) is 0.447. The van der Waals surface area contributed by atoms with Crippen molar-refractivity contribution in [3.63, 3.8) is 0 Å². The van der Waals surface area contributed by atoms with Gasteiger partial charge in [-0.15, -0.1) is 0 Å². The molecule has 1 heterocycles. The van der Waals surface area contributed by atoms with Gasteiger partial charge in [-0.25, -0.2) is 4.79 Å². The van der Waals surface area contributed by atoms with Crippen molar-refractivity contribution in [1.82, 2.24) is 4.90 Å². The fourth-order valence-corrected chi connectivity index (χ4v) is 3.53. The van der Waals surface area contributed by atoms with Gasteiger partial charge in [0.25, 0.3) is 17.5 Å². The molecule has 2 amide bonds. The van der Waals surface area contributed by atoms with Crippen molar-refractivity contribution in [2.75, 3.05) is 7.05 Å². The summed E-state index contributed by atoms with van der Waals surface area (Å²) in [5.74, 6) is -2.29. The van der Waals surface area contributed by atoms with Gasteiger partial charge in [-0.1, -0.05) is 24.3 Å². The molecule has 0 spiro atoms. The van der Waals surface area contributed by atoms with Crippen molar-refractivity contribution in [2.45, 2.75) is 0 Å². The van der Waals surface area contributed by atoms with E-state index in [1.807, 2.05) is 0 Å². The van der Waals surface area contributed by atoms with E-state index < -0.39 is 22.7 Å². The van der Waals surface area contributed by atoms with Crippen LogP contribution in [-0.4, -0.2) is 39.8 Å². The summed E-state index contributed by atoms with van der Waals surface area (Å²) in [6, 6.07) is 11.6. The number of hydrogen-bond acceptors (Lipinski definition) is 5. The predicted octanol–water partition coefficient (Wildman–Crippen LogP) is 3.34. The number of carboxylic acids is 1. The second kappa shape index (κ2) is 5.98. The maximum Gasteiger partial charge on any atom is 0.335 e. The van der Waals surface area contributed by atoms with Crippen molar-refractivity contribution in [2.24, 2.45) is 0 Å². The standard InChI is InChI=1S/C20H12N2O6/c1-21-18(23)13-7-3-6-12-16(10-4-2-5-11(8-10)20(25)26)15(22(27)28)9-14(17(12)13)19(21)24/h2-9H,1H3,(H,25,26). The Morgan fingerprint density at radius 3 is 2.39 bits per heavy atom. The second-order valence-electron chi connectivity index (χ2n) is 6.36. The fourth-order valence-electron chi connectivity index (χ4n) is 3.53. The fraction of sp³-hybridized carbons (Fsp3) is 0.0500. The largest absolute Gasteiger partial charge is 0.478 e. The van der Waals surface area contributed by atoms with Gasteiger partial charge in [0.2, 0.25) is 0 Å². The Balaban J connectivity index is 2.17. The van der Waals surface area contributed by atoms with Gasteiger partial charge in [-0.2, -0.15) is 0 Å². The van der Waals surface area contributed by atoms with E-state index in [4.69, 9.17) is 0 Å². The highest BCUT2D eigenvalue weighted by atomic mass is 16.6. The minimum absolute atomic E-state index is 0.0286. The zero-order chi connectivity index (χ0) is 20.2. The average molecular weight is 376 g/mol. The van der Waals surface area contributed by atoms with Crippen LogP contribution >= 0.6 is 0 Å². The molecule has 0 bridgehead atoms. The first-order valence-corrected chi connectivity index (χ1v) is 8.21. The predicted molar refractivity (Wildman–Crippen MR) is 99.4 cm³/mol. The second-order valence-corrected chi connectivity index (χ2v) is 6.36. The molecular formula is C20H12N2O6. The molecule has 0 atom stereocenters. The molecule has 4 rings (SSSR count). The van der Waals surface area contributed by atoms with Crippen molar-refractivity contribution in [1.29, 1.82) is 0 Å². The smallest absolute Gasteiger partial charge is 0.335 e. The lowest BCUT2D eigenvalue weighted by atomic mass is 9.87. The third kappa shape index (κ3) is 2.35. The number of imide groups is 1. The van der Waals surface area contributed by atoms with Crippen molar-refractivity contribution < 1.29 is 24.4 Å². The van der Waals surface area contributed by atoms with Crippen LogP contribution in [0.5, 0.6) is 0 Å². The molecular weight excluding hydrogens is 364 g/mol. The van der Waals surface area contributed by atoms with Crippen molar-refractivity contribution in [3.8, 4) is 11.1 Å². The lowest BCUT2D eigenvalue weighted by Crippen LogP contribution is -2.37. The Hall–Kier alpha value is -4.07. The summed E-state index contributed by atoms with van der Waals surface area (Å²) < 4.78 is 0. The van der Waals surface area contributed by atoms with Gasteiger partial charge >= 0.3 is 5.97 Å². The number of benzene rings is 3. The number of hydrogen-bond donors (Lipinski definition) is 1. The molecule has 1 aliphatic rings. The molecule has 0 aliphatic carbocycles.